The normalized spacial score (nSPS) is 12.8. The smallest absolute Gasteiger partial charge is 0.0862 e. The molecule has 5 nitrogen and oxygen atoms in total. The number of nitrogen functional groups attached to an aromatic ring is 1. The van der Waals surface area contributed by atoms with Gasteiger partial charge >= 0.3 is 0 Å². The molecular weight excluding hydrogens is 320 g/mol. The number of aliphatic hydroxyl groups is 1. The van der Waals surface area contributed by atoms with Crippen LogP contribution in [0.25, 0.3) is 0 Å². The monoisotopic (exact) mass is 338 g/mol. The number of hydrogen-bond acceptors (Lipinski definition) is 4. The van der Waals surface area contributed by atoms with E-state index in [0.29, 0.717) is 18.8 Å². The number of hydrogen-bond donors (Lipinski definition) is 2. The van der Waals surface area contributed by atoms with E-state index in [1.54, 1.807) is 17.1 Å². The zero-order valence-corrected chi connectivity index (χ0v) is 13.0. The molecule has 1 atom stereocenters. The average molecular weight is 339 g/mol. The zero-order valence-electron chi connectivity index (χ0n) is 11.4. The Morgan fingerprint density at radius 2 is 2.10 bits per heavy atom. The van der Waals surface area contributed by atoms with Gasteiger partial charge in [0.05, 0.1) is 24.5 Å². The minimum Gasteiger partial charge on any atom is -0.396 e. The highest BCUT2D eigenvalue weighted by Crippen LogP contribution is 2.12. The summed E-state index contributed by atoms with van der Waals surface area (Å²) in [5, 5.41) is 14.1. The highest BCUT2D eigenvalue weighted by atomic mass is 79.9. The second-order valence-corrected chi connectivity index (χ2v) is 5.89. The van der Waals surface area contributed by atoms with E-state index in [4.69, 9.17) is 5.73 Å². The zero-order chi connectivity index (χ0) is 14.5. The second kappa shape index (κ2) is 6.88. The Morgan fingerprint density at radius 3 is 2.70 bits per heavy atom. The number of aliphatic hydroxyl groups excluding tert-OH is 1. The molecule has 0 aliphatic rings. The molecule has 0 aliphatic carbocycles. The largest absolute Gasteiger partial charge is 0.396 e. The van der Waals surface area contributed by atoms with Gasteiger partial charge in [0, 0.05) is 23.8 Å². The molecule has 0 saturated heterocycles. The fourth-order valence-electron chi connectivity index (χ4n) is 2.08. The van der Waals surface area contributed by atoms with Gasteiger partial charge in [0.2, 0.25) is 0 Å². The van der Waals surface area contributed by atoms with Gasteiger partial charge in [-0.15, -0.1) is 0 Å². The molecule has 0 amide bonds. The maximum absolute atomic E-state index is 10.1. The van der Waals surface area contributed by atoms with Gasteiger partial charge in [0.15, 0.2) is 0 Å². The van der Waals surface area contributed by atoms with Crippen LogP contribution in [0.3, 0.4) is 0 Å². The van der Waals surface area contributed by atoms with E-state index in [1.165, 1.54) is 5.56 Å². The molecule has 108 valence electrons. The first kappa shape index (κ1) is 15.0. The molecule has 1 heterocycles. The van der Waals surface area contributed by atoms with E-state index in [2.05, 4.69) is 38.1 Å². The van der Waals surface area contributed by atoms with Crippen molar-refractivity contribution in [3.8, 4) is 0 Å². The van der Waals surface area contributed by atoms with Crippen molar-refractivity contribution >= 4 is 21.6 Å². The summed E-state index contributed by atoms with van der Waals surface area (Å²) in [7, 11) is 1.99. The summed E-state index contributed by atoms with van der Waals surface area (Å²) >= 11 is 3.42. The lowest BCUT2D eigenvalue weighted by Gasteiger charge is -2.20. The Kier molecular flexibility index (Phi) is 5.17. The quantitative estimate of drug-likeness (QED) is 0.841. The van der Waals surface area contributed by atoms with Crippen LogP contribution < -0.4 is 5.73 Å². The summed E-state index contributed by atoms with van der Waals surface area (Å²) in [5.74, 6) is 0. The van der Waals surface area contributed by atoms with Crippen LogP contribution in [0.4, 0.5) is 5.69 Å². The summed E-state index contributed by atoms with van der Waals surface area (Å²) in [6.45, 7) is 1.82. The molecule has 2 rings (SSSR count). The Labute approximate surface area is 127 Å². The summed E-state index contributed by atoms with van der Waals surface area (Å²) < 4.78 is 2.73. The molecule has 0 fully saturated rings. The van der Waals surface area contributed by atoms with Crippen molar-refractivity contribution in [1.82, 2.24) is 14.7 Å². The predicted octanol–water partition coefficient (Wildman–Crippen LogP) is 1.72. The van der Waals surface area contributed by atoms with Gasteiger partial charge in [-0.1, -0.05) is 28.1 Å². The first-order valence-electron chi connectivity index (χ1n) is 6.42. The van der Waals surface area contributed by atoms with Crippen LogP contribution in [-0.2, 0) is 13.1 Å². The number of nitrogens with zero attached hydrogens (tertiary/aromatic N) is 3. The highest BCUT2D eigenvalue weighted by molar-refractivity contribution is 9.10. The summed E-state index contributed by atoms with van der Waals surface area (Å²) in [6, 6.07) is 8.18. The first-order valence-corrected chi connectivity index (χ1v) is 7.21. The van der Waals surface area contributed by atoms with E-state index < -0.39 is 6.10 Å². The lowest BCUT2D eigenvalue weighted by atomic mass is 10.2. The number of benzene rings is 1. The van der Waals surface area contributed by atoms with Crippen molar-refractivity contribution in [2.45, 2.75) is 19.2 Å². The van der Waals surface area contributed by atoms with Gasteiger partial charge in [-0.2, -0.15) is 5.10 Å². The van der Waals surface area contributed by atoms with Crippen LogP contribution in [0, 0.1) is 0 Å². The summed E-state index contributed by atoms with van der Waals surface area (Å²) in [4.78, 5) is 2.08. The molecule has 0 aliphatic heterocycles. The maximum Gasteiger partial charge on any atom is 0.0862 e. The molecule has 2 aromatic rings. The van der Waals surface area contributed by atoms with Crippen LogP contribution in [0.5, 0.6) is 0 Å². The highest BCUT2D eigenvalue weighted by Gasteiger charge is 2.10. The SMILES string of the molecule is CN(Cc1ccc(Br)cc1)CC(O)Cn1cc(N)cn1. The van der Waals surface area contributed by atoms with E-state index in [0.717, 1.165) is 11.0 Å². The van der Waals surface area contributed by atoms with Crippen LogP contribution in [-0.4, -0.2) is 39.5 Å². The Balaban J connectivity index is 1.81. The molecule has 0 bridgehead atoms. The number of anilines is 1. The van der Waals surface area contributed by atoms with E-state index >= 15 is 0 Å². The van der Waals surface area contributed by atoms with Crippen molar-refractivity contribution in [1.29, 1.82) is 0 Å². The topological polar surface area (TPSA) is 67.3 Å². The van der Waals surface area contributed by atoms with Gasteiger partial charge in [0.1, 0.15) is 0 Å². The lowest BCUT2D eigenvalue weighted by Crippen LogP contribution is -2.31. The fourth-order valence-corrected chi connectivity index (χ4v) is 2.34. The molecule has 0 saturated carbocycles. The molecular formula is C14H19BrN4O. The number of halogens is 1. The third kappa shape index (κ3) is 4.63. The summed E-state index contributed by atoms with van der Waals surface area (Å²) in [5.41, 5.74) is 7.42. The lowest BCUT2D eigenvalue weighted by molar-refractivity contribution is 0.104. The van der Waals surface area contributed by atoms with Gasteiger partial charge in [-0.25, -0.2) is 0 Å². The van der Waals surface area contributed by atoms with Crippen molar-refractivity contribution in [2.24, 2.45) is 0 Å². The first-order chi connectivity index (χ1) is 9.52. The van der Waals surface area contributed by atoms with Crippen LogP contribution in [0.2, 0.25) is 0 Å². The molecule has 0 spiro atoms. The predicted molar refractivity (Wildman–Crippen MR) is 83.1 cm³/mol. The third-order valence-electron chi connectivity index (χ3n) is 2.94. The van der Waals surface area contributed by atoms with Crippen molar-refractivity contribution in [3.63, 3.8) is 0 Å². The van der Waals surface area contributed by atoms with Gasteiger partial charge in [-0.05, 0) is 24.7 Å². The molecule has 0 radical (unpaired) electrons. The molecule has 6 heteroatoms. The van der Waals surface area contributed by atoms with Crippen molar-refractivity contribution in [2.75, 3.05) is 19.3 Å². The van der Waals surface area contributed by atoms with Crippen LogP contribution >= 0.6 is 15.9 Å². The number of nitrogens with two attached hydrogens (primary N) is 1. The fraction of sp³-hybridized carbons (Fsp3) is 0.357. The van der Waals surface area contributed by atoms with Gasteiger partial charge in [-0.3, -0.25) is 9.58 Å². The number of likely N-dealkylation sites (N-methyl/N-ethyl adjacent to an activating group) is 1. The third-order valence-corrected chi connectivity index (χ3v) is 3.47. The minimum absolute atomic E-state index is 0.446. The van der Waals surface area contributed by atoms with E-state index in [9.17, 15) is 5.11 Å². The van der Waals surface area contributed by atoms with Crippen molar-refractivity contribution in [3.05, 3.63) is 46.7 Å². The molecule has 3 N–H and O–H groups in total. The maximum atomic E-state index is 10.1. The number of aromatic nitrogens is 2. The number of rotatable bonds is 6. The Hall–Kier alpha value is -1.37. The molecule has 20 heavy (non-hydrogen) atoms. The van der Waals surface area contributed by atoms with E-state index in [-0.39, 0.29) is 0 Å². The molecule has 1 unspecified atom stereocenters. The van der Waals surface area contributed by atoms with Crippen molar-refractivity contribution < 1.29 is 5.11 Å². The average Bonchev–Trinajstić information content (AvgIpc) is 2.77. The minimum atomic E-state index is -0.477. The Bertz CT molecular complexity index is 540. The summed E-state index contributed by atoms with van der Waals surface area (Å²) in [6.07, 6.45) is 2.82. The second-order valence-electron chi connectivity index (χ2n) is 4.97. The van der Waals surface area contributed by atoms with Gasteiger partial charge < -0.3 is 10.8 Å². The van der Waals surface area contributed by atoms with Crippen LogP contribution in [0.1, 0.15) is 5.56 Å². The standard InChI is InChI=1S/C14H19BrN4O/c1-18(7-11-2-4-12(15)5-3-11)9-14(20)10-19-8-13(16)6-17-19/h2-6,8,14,20H,7,9-10,16H2,1H3. The molecule has 1 aromatic carbocycles. The molecule has 1 aromatic heterocycles. The van der Waals surface area contributed by atoms with Crippen LogP contribution in [0.15, 0.2) is 41.1 Å². The van der Waals surface area contributed by atoms with Gasteiger partial charge in [0.25, 0.3) is 0 Å². The Morgan fingerprint density at radius 1 is 1.40 bits per heavy atom. The van der Waals surface area contributed by atoms with E-state index in [1.807, 2.05) is 19.2 Å².